The van der Waals surface area contributed by atoms with Gasteiger partial charge in [0.2, 0.25) is 0 Å². The number of aryl methyl sites for hydroxylation is 2. The third-order valence-electron chi connectivity index (χ3n) is 8.54. The van der Waals surface area contributed by atoms with E-state index in [9.17, 15) is 5.11 Å². The molecule has 0 saturated heterocycles. The number of anilines is 3. The summed E-state index contributed by atoms with van der Waals surface area (Å²) in [6.45, 7) is 10.7. The Balaban J connectivity index is 0.00000417. The van der Waals surface area contributed by atoms with Gasteiger partial charge in [-0.1, -0.05) is 81.4 Å². The van der Waals surface area contributed by atoms with Gasteiger partial charge in [-0.25, -0.2) is 4.98 Å². The Bertz CT molecular complexity index is 2250. The van der Waals surface area contributed by atoms with Crippen molar-refractivity contribution >= 4 is 28.0 Å². The van der Waals surface area contributed by atoms with Gasteiger partial charge in [-0.05, 0) is 95.7 Å². The maximum absolute atomic E-state index is 10.9. The molecule has 0 bridgehead atoms. The smallest absolute Gasteiger partial charge is 0.136 e. The number of benzene rings is 4. The number of para-hydroxylation sites is 1. The van der Waals surface area contributed by atoms with Crippen molar-refractivity contribution in [1.29, 1.82) is 0 Å². The molecule has 0 atom stereocenters. The number of hydrogen-bond donors (Lipinski definition) is 1. The Hall–Kier alpha value is -5.12. The van der Waals surface area contributed by atoms with Gasteiger partial charge in [-0.2, -0.15) is 0 Å². The van der Waals surface area contributed by atoms with Crippen LogP contribution >= 0.6 is 0 Å². The van der Waals surface area contributed by atoms with Crippen molar-refractivity contribution in [2.75, 3.05) is 4.90 Å². The Morgan fingerprint density at radius 1 is 0.673 bits per heavy atom. The molecule has 3 heterocycles. The average molecular weight is 821 g/mol. The zero-order chi connectivity index (χ0) is 33.4. The molecule has 0 amide bonds. The molecule has 7 aromatic rings. The van der Waals surface area contributed by atoms with Gasteiger partial charge in [0.15, 0.2) is 0 Å². The predicted octanol–water partition coefficient (Wildman–Crippen LogP) is 10.9. The van der Waals surface area contributed by atoms with E-state index in [2.05, 4.69) is 110 Å². The molecule has 4 aromatic carbocycles. The molecule has 3 aromatic heterocycles. The van der Waals surface area contributed by atoms with Crippen LogP contribution in [0.25, 0.3) is 44.4 Å². The maximum atomic E-state index is 10.9. The van der Waals surface area contributed by atoms with Gasteiger partial charge < -0.3 is 10.0 Å². The minimum atomic E-state index is -0.176. The fourth-order valence-electron chi connectivity index (χ4n) is 6.18. The van der Waals surface area contributed by atoms with Gasteiger partial charge in [0, 0.05) is 49.6 Å². The van der Waals surface area contributed by atoms with E-state index < -0.39 is 0 Å². The fraction of sp³-hybridized carbons (Fsp3) is 0.140. The first-order chi connectivity index (χ1) is 23.1. The van der Waals surface area contributed by atoms with E-state index in [0.29, 0.717) is 11.3 Å². The molecule has 246 valence electrons. The number of hydrogen-bond acceptors (Lipinski definition) is 5. The van der Waals surface area contributed by atoms with Crippen LogP contribution in [-0.2, 0) is 26.5 Å². The molecule has 0 saturated carbocycles. The molecular formula is C43H37N4OPt-. The van der Waals surface area contributed by atoms with Crippen molar-refractivity contribution < 1.29 is 26.2 Å². The Kier molecular flexibility index (Phi) is 9.49. The van der Waals surface area contributed by atoms with Crippen LogP contribution in [0.3, 0.4) is 0 Å². The number of rotatable bonds is 6. The van der Waals surface area contributed by atoms with E-state index in [1.165, 1.54) is 0 Å². The minimum absolute atomic E-state index is 0. The van der Waals surface area contributed by atoms with E-state index in [1.54, 1.807) is 6.07 Å². The molecule has 0 spiro atoms. The molecule has 0 aliphatic rings. The number of nitrogens with zero attached hydrogens (tertiary/aromatic N) is 4. The molecule has 7 rings (SSSR count). The van der Waals surface area contributed by atoms with E-state index in [0.717, 1.165) is 67.3 Å². The minimum Gasteiger partial charge on any atom is -0.507 e. The molecule has 0 radical (unpaired) electrons. The van der Waals surface area contributed by atoms with E-state index in [1.807, 2.05) is 62.5 Å². The molecule has 0 aliphatic heterocycles. The molecule has 0 fully saturated rings. The second-order valence-corrected chi connectivity index (χ2v) is 13.2. The summed E-state index contributed by atoms with van der Waals surface area (Å²) in [7, 11) is 0. The summed E-state index contributed by atoms with van der Waals surface area (Å²) in [4.78, 5) is 16.8. The van der Waals surface area contributed by atoms with Crippen LogP contribution in [0.4, 0.5) is 17.2 Å². The fourth-order valence-corrected chi connectivity index (χ4v) is 6.18. The largest absolute Gasteiger partial charge is 0.507 e. The topological polar surface area (TPSA) is 62.1 Å². The monoisotopic (exact) mass is 820 g/mol. The van der Waals surface area contributed by atoms with Crippen LogP contribution in [-0.4, -0.2) is 20.1 Å². The number of pyridine rings is 3. The van der Waals surface area contributed by atoms with Crippen LogP contribution in [0.1, 0.15) is 37.7 Å². The number of fused-ring (bicyclic) bond motifs is 1. The number of aromatic hydroxyl groups is 1. The first-order valence-corrected chi connectivity index (χ1v) is 16.2. The number of aromatic nitrogens is 3. The van der Waals surface area contributed by atoms with Gasteiger partial charge >= 0.3 is 0 Å². The Morgan fingerprint density at radius 3 is 2.08 bits per heavy atom. The van der Waals surface area contributed by atoms with Crippen LogP contribution in [0.5, 0.6) is 5.75 Å². The van der Waals surface area contributed by atoms with Gasteiger partial charge in [0.1, 0.15) is 11.6 Å². The van der Waals surface area contributed by atoms with Crippen molar-refractivity contribution in [3.8, 4) is 39.4 Å². The summed E-state index contributed by atoms with van der Waals surface area (Å²) < 4.78 is 0. The summed E-state index contributed by atoms with van der Waals surface area (Å²) >= 11 is 0. The molecule has 0 unspecified atom stereocenters. The first kappa shape index (κ1) is 33.8. The van der Waals surface area contributed by atoms with E-state index >= 15 is 0 Å². The van der Waals surface area contributed by atoms with Gasteiger partial charge in [-0.15, -0.1) is 29.3 Å². The molecule has 49 heavy (non-hydrogen) atoms. The van der Waals surface area contributed by atoms with Crippen molar-refractivity contribution in [3.63, 3.8) is 0 Å². The van der Waals surface area contributed by atoms with Gasteiger partial charge in [-0.3, -0.25) is 9.97 Å². The second kappa shape index (κ2) is 13.8. The van der Waals surface area contributed by atoms with Crippen molar-refractivity contribution in [3.05, 3.63) is 151 Å². The van der Waals surface area contributed by atoms with Crippen molar-refractivity contribution in [2.24, 2.45) is 0 Å². The molecule has 1 N–H and O–H groups in total. The van der Waals surface area contributed by atoms with E-state index in [-0.39, 0.29) is 32.2 Å². The second-order valence-electron chi connectivity index (χ2n) is 13.2. The van der Waals surface area contributed by atoms with E-state index in [4.69, 9.17) is 9.97 Å². The predicted molar refractivity (Wildman–Crippen MR) is 197 cm³/mol. The molecule has 5 nitrogen and oxygen atoms in total. The van der Waals surface area contributed by atoms with Crippen LogP contribution in [0.15, 0.2) is 128 Å². The Labute approximate surface area is 302 Å². The zero-order valence-electron chi connectivity index (χ0n) is 28.2. The summed E-state index contributed by atoms with van der Waals surface area (Å²) in [5.41, 5.74) is 9.69. The molecule has 6 heteroatoms. The van der Waals surface area contributed by atoms with Gasteiger partial charge in [0.05, 0.1) is 11.4 Å². The zero-order valence-corrected chi connectivity index (χ0v) is 30.4. The molecule has 0 aliphatic carbocycles. The third-order valence-corrected chi connectivity index (χ3v) is 8.54. The summed E-state index contributed by atoms with van der Waals surface area (Å²) in [5.74, 6) is 0.974. The third kappa shape index (κ3) is 7.04. The summed E-state index contributed by atoms with van der Waals surface area (Å²) in [5, 5.41) is 13.2. The first-order valence-electron chi connectivity index (χ1n) is 16.2. The standard InChI is InChI=1S/C43H37N4O.Pt/c1-28-21-31(22-29(2)45-28)32-25-38(46-39(26-32)37-16-8-9-18-41(37)48)33-23-34(43(3,4)5)27-35(24-33)47(42-19-10-11-20-44-42)40-17-12-14-30-13-6-7-15-36(30)40;/h6-23,25-27,48H,1-5H3;/q-1;. The van der Waals surface area contributed by atoms with Crippen LogP contribution < -0.4 is 4.90 Å². The maximum Gasteiger partial charge on any atom is 0.136 e. The Morgan fingerprint density at radius 2 is 1.35 bits per heavy atom. The SMILES string of the molecule is Cc1cc(-c2cc(-c3[c-]c(N(c4ccccn4)c4cccc5ccccc45)cc(C(C)(C)C)c3)nc(-c3ccccc3O)c2)cc(C)n1.[Pt]. The number of phenols is 1. The molecular weight excluding hydrogens is 784 g/mol. The normalized spacial score (nSPS) is 11.3. The quantitative estimate of drug-likeness (QED) is 0.169. The summed E-state index contributed by atoms with van der Waals surface area (Å²) in [6, 6.07) is 44.6. The number of phenolic OH excluding ortho intramolecular Hbond substituents is 1. The van der Waals surface area contributed by atoms with Crippen LogP contribution in [0.2, 0.25) is 0 Å². The summed E-state index contributed by atoms with van der Waals surface area (Å²) in [6.07, 6.45) is 1.82. The van der Waals surface area contributed by atoms with Gasteiger partial charge in [0.25, 0.3) is 0 Å². The van der Waals surface area contributed by atoms with Crippen molar-refractivity contribution in [1.82, 2.24) is 15.0 Å². The average Bonchev–Trinajstić information content (AvgIpc) is 3.08. The van der Waals surface area contributed by atoms with Crippen molar-refractivity contribution in [2.45, 2.75) is 40.0 Å². The van der Waals surface area contributed by atoms with Crippen LogP contribution in [0, 0.1) is 19.9 Å².